The Bertz CT molecular complexity index is 457. The van der Waals surface area contributed by atoms with Crippen LogP contribution in [0.15, 0.2) is 24.4 Å². The minimum Gasteiger partial charge on any atom is -0.374 e. The van der Waals surface area contributed by atoms with Gasteiger partial charge in [-0.3, -0.25) is 0 Å². The van der Waals surface area contributed by atoms with Crippen LogP contribution in [0.3, 0.4) is 0 Å². The fourth-order valence-electron chi connectivity index (χ4n) is 1.74. The minimum absolute atomic E-state index is 0.278. The van der Waals surface area contributed by atoms with Gasteiger partial charge in [-0.25, -0.2) is 0 Å². The zero-order valence-electron chi connectivity index (χ0n) is 9.50. The molecule has 0 fully saturated rings. The molecule has 0 spiro atoms. The summed E-state index contributed by atoms with van der Waals surface area (Å²) in [6, 6.07) is 6.34. The number of rotatable bonds is 3. The lowest BCUT2D eigenvalue weighted by Gasteiger charge is -2.06. The molecular weight excluding hydrogens is 186 g/mol. The number of benzene rings is 1. The van der Waals surface area contributed by atoms with Crippen molar-refractivity contribution in [1.29, 1.82) is 0 Å². The van der Waals surface area contributed by atoms with E-state index in [4.69, 9.17) is 4.74 Å². The second kappa shape index (κ2) is 4.07. The number of nitrogens with one attached hydrogen (secondary N) is 1. The lowest BCUT2D eigenvalue weighted by Crippen LogP contribution is -2.01. The number of ether oxygens (including phenoxy) is 1. The summed E-state index contributed by atoms with van der Waals surface area (Å²) in [7, 11) is 0. The monoisotopic (exact) mass is 203 g/mol. The molecule has 0 aliphatic heterocycles. The maximum atomic E-state index is 5.61. The molecule has 80 valence electrons. The molecule has 0 aliphatic carbocycles. The molecule has 15 heavy (non-hydrogen) atoms. The number of hydrogen-bond donors (Lipinski definition) is 1. The fraction of sp³-hybridized carbons (Fsp3) is 0.385. The van der Waals surface area contributed by atoms with Crippen LogP contribution in [0.1, 0.15) is 25.0 Å². The third-order valence-electron chi connectivity index (χ3n) is 2.58. The Hall–Kier alpha value is -1.28. The number of H-pyrrole nitrogens is 1. The van der Waals surface area contributed by atoms with Gasteiger partial charge in [0.05, 0.1) is 12.7 Å². The summed E-state index contributed by atoms with van der Waals surface area (Å²) in [5.41, 5.74) is 3.74. The highest BCUT2D eigenvalue weighted by Gasteiger charge is 2.05. The maximum Gasteiger partial charge on any atom is 0.0741 e. The van der Waals surface area contributed by atoms with Crippen LogP contribution in [0, 0.1) is 6.92 Å². The number of aromatic amines is 1. The van der Waals surface area contributed by atoms with E-state index in [9.17, 15) is 0 Å². The lowest BCUT2D eigenvalue weighted by atomic mass is 10.1. The molecule has 0 unspecified atom stereocenters. The first kappa shape index (κ1) is 10.2. The van der Waals surface area contributed by atoms with Crippen molar-refractivity contribution in [1.82, 2.24) is 4.98 Å². The summed E-state index contributed by atoms with van der Waals surface area (Å²) < 4.78 is 5.61. The molecule has 2 rings (SSSR count). The molecule has 2 nitrogen and oxygen atoms in total. The summed E-state index contributed by atoms with van der Waals surface area (Å²) in [5.74, 6) is 0. The minimum atomic E-state index is 0.278. The van der Waals surface area contributed by atoms with Crippen LogP contribution in [0.2, 0.25) is 0 Å². The summed E-state index contributed by atoms with van der Waals surface area (Å²) >= 11 is 0. The van der Waals surface area contributed by atoms with E-state index in [0.29, 0.717) is 6.61 Å². The van der Waals surface area contributed by atoms with E-state index in [-0.39, 0.29) is 6.10 Å². The molecule has 0 amide bonds. The van der Waals surface area contributed by atoms with Gasteiger partial charge in [0, 0.05) is 22.7 Å². The normalized spacial score (nSPS) is 11.5. The molecule has 1 N–H and O–H groups in total. The van der Waals surface area contributed by atoms with Crippen molar-refractivity contribution in [3.63, 3.8) is 0 Å². The van der Waals surface area contributed by atoms with E-state index in [1.807, 2.05) is 6.20 Å². The fourth-order valence-corrected chi connectivity index (χ4v) is 1.74. The summed E-state index contributed by atoms with van der Waals surface area (Å²) in [6.07, 6.45) is 2.32. The number of hydrogen-bond acceptors (Lipinski definition) is 1. The van der Waals surface area contributed by atoms with Gasteiger partial charge in [-0.15, -0.1) is 0 Å². The first-order chi connectivity index (χ1) is 7.18. The van der Waals surface area contributed by atoms with Crippen molar-refractivity contribution in [2.75, 3.05) is 0 Å². The Balaban J connectivity index is 2.33. The van der Waals surface area contributed by atoms with Crippen LogP contribution in [0.5, 0.6) is 0 Å². The van der Waals surface area contributed by atoms with E-state index in [1.165, 1.54) is 22.0 Å². The summed E-state index contributed by atoms with van der Waals surface area (Å²) in [4.78, 5) is 3.30. The van der Waals surface area contributed by atoms with Gasteiger partial charge in [-0.2, -0.15) is 0 Å². The number of para-hydroxylation sites is 1. The molecule has 2 aromatic rings. The molecule has 1 heterocycles. The second-order valence-corrected chi connectivity index (χ2v) is 4.17. The van der Waals surface area contributed by atoms with E-state index in [1.54, 1.807) is 0 Å². The zero-order valence-corrected chi connectivity index (χ0v) is 9.50. The van der Waals surface area contributed by atoms with Gasteiger partial charge in [0.15, 0.2) is 0 Å². The van der Waals surface area contributed by atoms with Crippen LogP contribution in [-0.4, -0.2) is 11.1 Å². The van der Waals surface area contributed by atoms with E-state index < -0.39 is 0 Å². The predicted octanol–water partition coefficient (Wildman–Crippen LogP) is 3.40. The van der Waals surface area contributed by atoms with Crippen molar-refractivity contribution >= 4 is 10.9 Å². The molecule has 0 radical (unpaired) electrons. The van der Waals surface area contributed by atoms with Gasteiger partial charge >= 0.3 is 0 Å². The van der Waals surface area contributed by atoms with Gasteiger partial charge in [-0.05, 0) is 26.3 Å². The Morgan fingerprint density at radius 2 is 2.13 bits per heavy atom. The SMILES string of the molecule is Cc1cccc2c(COC(C)C)c[nH]c12. The molecule has 0 atom stereocenters. The molecule has 2 heteroatoms. The van der Waals surface area contributed by atoms with Crippen LogP contribution >= 0.6 is 0 Å². The van der Waals surface area contributed by atoms with Crippen molar-refractivity contribution in [2.24, 2.45) is 0 Å². The highest BCUT2D eigenvalue weighted by Crippen LogP contribution is 2.21. The van der Waals surface area contributed by atoms with Crippen molar-refractivity contribution < 1.29 is 4.74 Å². The molecule has 0 bridgehead atoms. The number of aryl methyl sites for hydroxylation is 1. The van der Waals surface area contributed by atoms with Crippen molar-refractivity contribution in [2.45, 2.75) is 33.5 Å². The lowest BCUT2D eigenvalue weighted by molar-refractivity contribution is 0.0664. The highest BCUT2D eigenvalue weighted by molar-refractivity contribution is 5.85. The van der Waals surface area contributed by atoms with Gasteiger partial charge < -0.3 is 9.72 Å². The Labute approximate surface area is 90.3 Å². The van der Waals surface area contributed by atoms with Crippen molar-refractivity contribution in [3.05, 3.63) is 35.5 Å². The second-order valence-electron chi connectivity index (χ2n) is 4.17. The molecule has 0 aliphatic rings. The molecule has 1 aromatic heterocycles. The quantitative estimate of drug-likeness (QED) is 0.812. The predicted molar refractivity (Wildman–Crippen MR) is 63.0 cm³/mol. The topological polar surface area (TPSA) is 25.0 Å². The van der Waals surface area contributed by atoms with Crippen LogP contribution in [0.4, 0.5) is 0 Å². The largest absolute Gasteiger partial charge is 0.374 e. The number of aromatic nitrogens is 1. The van der Waals surface area contributed by atoms with Gasteiger partial charge in [-0.1, -0.05) is 18.2 Å². The van der Waals surface area contributed by atoms with Crippen LogP contribution < -0.4 is 0 Å². The van der Waals surface area contributed by atoms with E-state index in [2.05, 4.69) is 44.0 Å². The van der Waals surface area contributed by atoms with Crippen LogP contribution in [0.25, 0.3) is 10.9 Å². The first-order valence-electron chi connectivity index (χ1n) is 5.35. The first-order valence-corrected chi connectivity index (χ1v) is 5.35. The smallest absolute Gasteiger partial charge is 0.0741 e. The Morgan fingerprint density at radius 3 is 2.87 bits per heavy atom. The van der Waals surface area contributed by atoms with E-state index >= 15 is 0 Å². The van der Waals surface area contributed by atoms with Gasteiger partial charge in [0.1, 0.15) is 0 Å². The molecular formula is C13H17NO. The third-order valence-corrected chi connectivity index (χ3v) is 2.58. The average molecular weight is 203 g/mol. The number of fused-ring (bicyclic) bond motifs is 1. The highest BCUT2D eigenvalue weighted by atomic mass is 16.5. The Morgan fingerprint density at radius 1 is 1.33 bits per heavy atom. The van der Waals surface area contributed by atoms with E-state index in [0.717, 1.165) is 0 Å². The third kappa shape index (κ3) is 2.05. The molecule has 1 aromatic carbocycles. The average Bonchev–Trinajstić information content (AvgIpc) is 2.59. The van der Waals surface area contributed by atoms with Gasteiger partial charge in [0.2, 0.25) is 0 Å². The zero-order chi connectivity index (χ0) is 10.8. The maximum absolute atomic E-state index is 5.61. The Kier molecular flexibility index (Phi) is 2.78. The standard InChI is InChI=1S/C13H17NO/c1-9(2)15-8-11-7-14-13-10(3)5-4-6-12(11)13/h4-7,9,14H,8H2,1-3H3. The van der Waals surface area contributed by atoms with Crippen LogP contribution in [-0.2, 0) is 11.3 Å². The molecule has 0 saturated heterocycles. The summed E-state index contributed by atoms with van der Waals surface area (Å²) in [6.45, 7) is 6.91. The molecule has 0 saturated carbocycles. The van der Waals surface area contributed by atoms with Crippen molar-refractivity contribution in [3.8, 4) is 0 Å². The van der Waals surface area contributed by atoms with Gasteiger partial charge in [0.25, 0.3) is 0 Å². The summed E-state index contributed by atoms with van der Waals surface area (Å²) in [5, 5.41) is 1.27.